The van der Waals surface area contributed by atoms with Crippen molar-refractivity contribution >= 4 is 49.5 Å². The minimum atomic E-state index is -3.59. The van der Waals surface area contributed by atoms with Gasteiger partial charge in [-0.3, -0.25) is 4.72 Å². The van der Waals surface area contributed by atoms with E-state index in [9.17, 15) is 13.2 Å². The fourth-order valence-electron chi connectivity index (χ4n) is 2.72. The molecule has 0 fully saturated rings. The molecule has 136 valence electrons. The SMILES string of the molecule is CNS(=O)(=O)Nc1cccc(Cc2c(C)c3cc(I)ccc3oc2=O)c1. The van der Waals surface area contributed by atoms with E-state index in [0.717, 1.165) is 20.1 Å². The van der Waals surface area contributed by atoms with Crippen LogP contribution in [0.2, 0.25) is 0 Å². The number of hydrogen-bond acceptors (Lipinski definition) is 4. The van der Waals surface area contributed by atoms with Crippen molar-refractivity contribution in [3.8, 4) is 0 Å². The highest BCUT2D eigenvalue weighted by Crippen LogP contribution is 2.24. The van der Waals surface area contributed by atoms with E-state index in [2.05, 4.69) is 32.0 Å². The van der Waals surface area contributed by atoms with E-state index < -0.39 is 10.2 Å². The Labute approximate surface area is 164 Å². The van der Waals surface area contributed by atoms with Crippen molar-refractivity contribution in [1.82, 2.24) is 4.72 Å². The topological polar surface area (TPSA) is 88.4 Å². The van der Waals surface area contributed by atoms with E-state index in [1.54, 1.807) is 24.3 Å². The molecule has 0 radical (unpaired) electrons. The Morgan fingerprint density at radius 1 is 1.15 bits per heavy atom. The van der Waals surface area contributed by atoms with Crippen molar-refractivity contribution in [3.63, 3.8) is 0 Å². The molecular weight excluding hydrogens is 467 g/mol. The van der Waals surface area contributed by atoms with Crippen molar-refractivity contribution in [2.24, 2.45) is 0 Å². The molecule has 0 bridgehead atoms. The summed E-state index contributed by atoms with van der Waals surface area (Å²) in [6.45, 7) is 1.90. The molecule has 2 aromatic carbocycles. The third kappa shape index (κ3) is 4.08. The highest BCUT2D eigenvalue weighted by Gasteiger charge is 2.13. The average Bonchev–Trinajstić information content (AvgIpc) is 2.59. The van der Waals surface area contributed by atoms with Gasteiger partial charge in [-0.2, -0.15) is 8.42 Å². The molecule has 0 saturated heterocycles. The van der Waals surface area contributed by atoms with Crippen LogP contribution in [0.4, 0.5) is 5.69 Å². The Balaban J connectivity index is 2.00. The van der Waals surface area contributed by atoms with Crippen molar-refractivity contribution < 1.29 is 12.8 Å². The first-order valence-electron chi connectivity index (χ1n) is 7.81. The molecule has 0 unspecified atom stereocenters. The zero-order chi connectivity index (χ0) is 18.9. The largest absolute Gasteiger partial charge is 0.423 e. The van der Waals surface area contributed by atoms with Gasteiger partial charge < -0.3 is 4.42 Å². The Hall–Kier alpha value is -1.91. The number of aryl methyl sites for hydroxylation is 1. The second-order valence-electron chi connectivity index (χ2n) is 5.82. The summed E-state index contributed by atoms with van der Waals surface area (Å²) in [5.74, 6) is 0. The number of halogens is 1. The Kier molecular flexibility index (Phi) is 5.35. The van der Waals surface area contributed by atoms with Gasteiger partial charge in [0.1, 0.15) is 5.58 Å². The smallest absolute Gasteiger partial charge is 0.340 e. The quantitative estimate of drug-likeness (QED) is 0.430. The Morgan fingerprint density at radius 3 is 2.65 bits per heavy atom. The number of rotatable bonds is 5. The number of anilines is 1. The normalized spacial score (nSPS) is 11.7. The predicted molar refractivity (Wildman–Crippen MR) is 111 cm³/mol. The molecule has 1 heterocycles. The summed E-state index contributed by atoms with van der Waals surface area (Å²) in [5.41, 5.74) is 2.85. The first-order chi connectivity index (χ1) is 12.3. The number of nitrogens with one attached hydrogen (secondary N) is 2. The lowest BCUT2D eigenvalue weighted by Crippen LogP contribution is -2.26. The van der Waals surface area contributed by atoms with E-state index in [4.69, 9.17) is 4.42 Å². The molecule has 0 spiro atoms. The zero-order valence-electron chi connectivity index (χ0n) is 14.2. The molecule has 8 heteroatoms. The van der Waals surface area contributed by atoms with Gasteiger partial charge in [-0.15, -0.1) is 0 Å². The first kappa shape index (κ1) is 18.9. The van der Waals surface area contributed by atoms with Crippen LogP contribution in [0.5, 0.6) is 0 Å². The third-order valence-corrected chi connectivity index (χ3v) is 5.79. The standard InChI is InChI=1S/C18H17IN2O4S/c1-11-15-10-13(19)6-7-17(15)25-18(22)16(11)9-12-4-3-5-14(8-12)21-26(23,24)20-2/h3-8,10,20-21H,9H2,1-2H3. The maximum absolute atomic E-state index is 12.4. The minimum absolute atomic E-state index is 0.352. The van der Waals surface area contributed by atoms with Crippen molar-refractivity contribution in [3.05, 3.63) is 73.1 Å². The van der Waals surface area contributed by atoms with Crippen molar-refractivity contribution in [1.29, 1.82) is 0 Å². The molecule has 0 aliphatic rings. The maximum Gasteiger partial charge on any atom is 0.340 e. The summed E-state index contributed by atoms with van der Waals surface area (Å²) in [7, 11) is -2.26. The molecule has 0 aliphatic carbocycles. The van der Waals surface area contributed by atoms with Crippen LogP contribution < -0.4 is 15.1 Å². The summed E-state index contributed by atoms with van der Waals surface area (Å²) in [5, 5.41) is 0.901. The van der Waals surface area contributed by atoms with Crippen LogP contribution in [0.25, 0.3) is 11.0 Å². The molecule has 0 saturated carbocycles. The summed E-state index contributed by atoms with van der Waals surface area (Å²) >= 11 is 2.22. The molecule has 0 aliphatic heterocycles. The van der Waals surface area contributed by atoms with Crippen molar-refractivity contribution in [2.75, 3.05) is 11.8 Å². The number of fused-ring (bicyclic) bond motifs is 1. The van der Waals surface area contributed by atoms with E-state index in [1.807, 2.05) is 25.1 Å². The molecule has 1 aromatic heterocycles. The summed E-state index contributed by atoms with van der Waals surface area (Å²) in [4.78, 5) is 12.4. The van der Waals surface area contributed by atoms with Crippen LogP contribution in [0, 0.1) is 10.5 Å². The molecule has 6 nitrogen and oxygen atoms in total. The predicted octanol–water partition coefficient (Wildman–Crippen LogP) is 3.17. The van der Waals surface area contributed by atoms with Crippen LogP contribution in [-0.2, 0) is 16.6 Å². The Bertz CT molecular complexity index is 1140. The highest BCUT2D eigenvalue weighted by molar-refractivity contribution is 14.1. The molecule has 0 amide bonds. The van der Waals surface area contributed by atoms with Gasteiger partial charge in [-0.05, 0) is 71.0 Å². The minimum Gasteiger partial charge on any atom is -0.423 e. The van der Waals surface area contributed by atoms with Crippen LogP contribution in [0.3, 0.4) is 0 Å². The number of hydrogen-bond donors (Lipinski definition) is 2. The van der Waals surface area contributed by atoms with E-state index in [0.29, 0.717) is 23.3 Å². The lowest BCUT2D eigenvalue weighted by atomic mass is 9.99. The van der Waals surface area contributed by atoms with E-state index >= 15 is 0 Å². The maximum atomic E-state index is 12.4. The fourth-order valence-corrected chi connectivity index (χ4v) is 3.75. The zero-order valence-corrected chi connectivity index (χ0v) is 17.1. The molecule has 3 rings (SSSR count). The number of benzene rings is 2. The Morgan fingerprint density at radius 2 is 1.92 bits per heavy atom. The van der Waals surface area contributed by atoms with Crippen LogP contribution in [0.1, 0.15) is 16.7 Å². The monoisotopic (exact) mass is 484 g/mol. The van der Waals surface area contributed by atoms with Crippen LogP contribution >= 0.6 is 22.6 Å². The van der Waals surface area contributed by atoms with Gasteiger partial charge in [0, 0.05) is 28.0 Å². The molecule has 2 N–H and O–H groups in total. The van der Waals surface area contributed by atoms with Gasteiger partial charge in [0.25, 0.3) is 10.2 Å². The van der Waals surface area contributed by atoms with E-state index in [1.165, 1.54) is 7.05 Å². The molecule has 0 atom stereocenters. The lowest BCUT2D eigenvalue weighted by Gasteiger charge is -2.10. The van der Waals surface area contributed by atoms with Gasteiger partial charge in [-0.25, -0.2) is 9.52 Å². The second kappa shape index (κ2) is 7.37. The van der Waals surface area contributed by atoms with E-state index in [-0.39, 0.29) is 5.63 Å². The second-order valence-corrected chi connectivity index (χ2v) is 8.69. The van der Waals surface area contributed by atoms with Gasteiger partial charge in [0.2, 0.25) is 0 Å². The molecule has 26 heavy (non-hydrogen) atoms. The first-order valence-corrected chi connectivity index (χ1v) is 10.4. The van der Waals surface area contributed by atoms with Gasteiger partial charge >= 0.3 is 5.63 Å². The van der Waals surface area contributed by atoms with Gasteiger partial charge in [-0.1, -0.05) is 12.1 Å². The fraction of sp³-hybridized carbons (Fsp3) is 0.167. The van der Waals surface area contributed by atoms with Crippen LogP contribution in [0.15, 0.2) is 51.7 Å². The van der Waals surface area contributed by atoms with Crippen LogP contribution in [-0.4, -0.2) is 15.5 Å². The average molecular weight is 484 g/mol. The lowest BCUT2D eigenvalue weighted by molar-refractivity contribution is 0.551. The third-order valence-electron chi connectivity index (χ3n) is 4.08. The summed E-state index contributed by atoms with van der Waals surface area (Å²) < 4.78 is 34.4. The van der Waals surface area contributed by atoms with Crippen molar-refractivity contribution in [2.45, 2.75) is 13.3 Å². The van der Waals surface area contributed by atoms with Gasteiger partial charge in [0.05, 0.1) is 5.69 Å². The van der Waals surface area contributed by atoms with Gasteiger partial charge in [0.15, 0.2) is 0 Å². The molecule has 3 aromatic rings. The highest BCUT2D eigenvalue weighted by atomic mass is 127. The molecular formula is C18H17IN2O4S. The summed E-state index contributed by atoms with van der Waals surface area (Å²) in [6, 6.07) is 12.6. The summed E-state index contributed by atoms with van der Waals surface area (Å²) in [6.07, 6.45) is 0.352.